The van der Waals surface area contributed by atoms with Crippen LogP contribution in [0.2, 0.25) is 5.02 Å². The molecule has 1 saturated heterocycles. The molecule has 7 nitrogen and oxygen atoms in total. The highest BCUT2D eigenvalue weighted by Crippen LogP contribution is 2.49. The van der Waals surface area contributed by atoms with E-state index in [1.807, 2.05) is 78.2 Å². The highest BCUT2D eigenvalue weighted by Gasteiger charge is 2.48. The maximum absolute atomic E-state index is 14.5. The van der Waals surface area contributed by atoms with Gasteiger partial charge in [-0.2, -0.15) is 0 Å². The summed E-state index contributed by atoms with van der Waals surface area (Å²) in [6.45, 7) is 8.11. The fourth-order valence-corrected chi connectivity index (χ4v) is 6.58. The van der Waals surface area contributed by atoms with E-state index in [1.165, 1.54) is 0 Å². The molecule has 0 bridgehead atoms. The number of halogens is 1. The lowest BCUT2D eigenvalue weighted by Crippen LogP contribution is -2.54. The number of nitrogens with zero attached hydrogens (tertiary/aromatic N) is 3. The van der Waals surface area contributed by atoms with E-state index in [-0.39, 0.29) is 11.8 Å². The molecular formula is C32H34ClN3O4. The summed E-state index contributed by atoms with van der Waals surface area (Å²) >= 11 is 6.23. The van der Waals surface area contributed by atoms with Crippen LogP contribution in [-0.2, 0) is 11.2 Å². The van der Waals surface area contributed by atoms with Crippen LogP contribution in [0.25, 0.3) is 0 Å². The number of amides is 2. The Morgan fingerprint density at radius 2 is 1.60 bits per heavy atom. The second-order valence-electron chi connectivity index (χ2n) is 10.4. The van der Waals surface area contributed by atoms with Crippen LogP contribution < -0.4 is 14.4 Å². The maximum Gasteiger partial charge on any atom is 0.254 e. The number of benzene rings is 3. The SMILES string of the molecule is CCOc1cc2c(cc1OCC)[C@H]1[C@@H](C(=O)N3CCN(c4cccc(Cl)c4)CC3)c3ccccc3C(=O)N1CC2. The minimum absolute atomic E-state index is 0.0204. The van der Waals surface area contributed by atoms with Gasteiger partial charge in [-0.15, -0.1) is 0 Å². The molecule has 0 radical (unpaired) electrons. The van der Waals surface area contributed by atoms with Crippen molar-refractivity contribution in [2.45, 2.75) is 32.2 Å². The Kier molecular flexibility index (Phi) is 7.32. The van der Waals surface area contributed by atoms with Gasteiger partial charge >= 0.3 is 0 Å². The van der Waals surface area contributed by atoms with Crippen LogP contribution in [0.3, 0.4) is 0 Å². The minimum atomic E-state index is -0.502. The number of hydrogen-bond acceptors (Lipinski definition) is 5. The van der Waals surface area contributed by atoms with Crippen LogP contribution in [0, 0.1) is 0 Å². The first-order valence-electron chi connectivity index (χ1n) is 14.1. The normalized spacial score (nSPS) is 20.0. The molecule has 8 heteroatoms. The van der Waals surface area contributed by atoms with E-state index < -0.39 is 12.0 Å². The van der Waals surface area contributed by atoms with Crippen LogP contribution in [-0.4, -0.2) is 67.6 Å². The molecule has 0 aliphatic carbocycles. The van der Waals surface area contributed by atoms with E-state index in [0.29, 0.717) is 61.4 Å². The largest absolute Gasteiger partial charge is 0.490 e. The van der Waals surface area contributed by atoms with Crippen molar-refractivity contribution in [2.24, 2.45) is 0 Å². The van der Waals surface area contributed by atoms with Gasteiger partial charge in [0.05, 0.1) is 25.2 Å². The Bertz CT molecular complexity index is 1440. The molecule has 3 aromatic rings. The third kappa shape index (κ3) is 4.66. The van der Waals surface area contributed by atoms with Gasteiger partial charge in [-0.3, -0.25) is 9.59 Å². The lowest BCUT2D eigenvalue weighted by molar-refractivity contribution is -0.135. The fourth-order valence-electron chi connectivity index (χ4n) is 6.39. The van der Waals surface area contributed by atoms with E-state index >= 15 is 0 Å². The van der Waals surface area contributed by atoms with E-state index in [0.717, 1.165) is 35.5 Å². The number of fused-ring (bicyclic) bond motifs is 4. The van der Waals surface area contributed by atoms with Crippen molar-refractivity contribution in [3.05, 3.63) is 87.9 Å². The summed E-state index contributed by atoms with van der Waals surface area (Å²) < 4.78 is 11.9. The van der Waals surface area contributed by atoms with Crippen molar-refractivity contribution in [2.75, 3.05) is 50.8 Å². The van der Waals surface area contributed by atoms with Crippen molar-refractivity contribution in [1.29, 1.82) is 0 Å². The Morgan fingerprint density at radius 3 is 2.33 bits per heavy atom. The van der Waals surface area contributed by atoms with E-state index in [9.17, 15) is 9.59 Å². The Balaban J connectivity index is 1.37. The first-order chi connectivity index (χ1) is 19.5. The molecule has 2 amide bonds. The number of ether oxygens (including phenoxy) is 2. The highest BCUT2D eigenvalue weighted by molar-refractivity contribution is 6.30. The zero-order chi connectivity index (χ0) is 27.8. The fraction of sp³-hybridized carbons (Fsp3) is 0.375. The summed E-state index contributed by atoms with van der Waals surface area (Å²) in [7, 11) is 0. The van der Waals surface area contributed by atoms with Gasteiger partial charge < -0.3 is 24.2 Å². The number of carbonyl (C=O) groups excluding carboxylic acids is 2. The van der Waals surface area contributed by atoms with Gasteiger partial charge in [-0.05, 0) is 73.4 Å². The maximum atomic E-state index is 14.5. The average molecular weight is 560 g/mol. The smallest absolute Gasteiger partial charge is 0.254 e. The number of carbonyl (C=O) groups is 2. The first kappa shape index (κ1) is 26.5. The van der Waals surface area contributed by atoms with Gasteiger partial charge in [-0.25, -0.2) is 0 Å². The Morgan fingerprint density at radius 1 is 0.875 bits per heavy atom. The predicted octanol–water partition coefficient (Wildman–Crippen LogP) is 5.32. The van der Waals surface area contributed by atoms with E-state index in [2.05, 4.69) is 11.0 Å². The molecule has 3 aliphatic rings. The summed E-state index contributed by atoms with van der Waals surface area (Å²) in [6.07, 6.45) is 0.700. The summed E-state index contributed by atoms with van der Waals surface area (Å²) in [4.78, 5) is 34.3. The predicted molar refractivity (Wildman–Crippen MR) is 156 cm³/mol. The molecule has 0 N–H and O–H groups in total. The van der Waals surface area contributed by atoms with Crippen LogP contribution >= 0.6 is 11.6 Å². The Labute approximate surface area is 240 Å². The lowest BCUT2D eigenvalue weighted by atomic mass is 9.75. The van der Waals surface area contributed by atoms with Crippen LogP contribution in [0.4, 0.5) is 5.69 Å². The topological polar surface area (TPSA) is 62.3 Å². The summed E-state index contributed by atoms with van der Waals surface area (Å²) in [5.41, 5.74) is 4.56. The number of rotatable bonds is 6. The zero-order valence-corrected chi connectivity index (χ0v) is 23.7. The van der Waals surface area contributed by atoms with Gasteiger partial charge in [-0.1, -0.05) is 35.9 Å². The molecule has 3 aliphatic heterocycles. The lowest BCUT2D eigenvalue weighted by Gasteiger charge is -2.47. The van der Waals surface area contributed by atoms with Crippen molar-refractivity contribution < 1.29 is 19.1 Å². The van der Waals surface area contributed by atoms with Crippen LogP contribution in [0.15, 0.2) is 60.7 Å². The van der Waals surface area contributed by atoms with Gasteiger partial charge in [0, 0.05) is 49.0 Å². The monoisotopic (exact) mass is 559 g/mol. The third-order valence-electron chi connectivity index (χ3n) is 8.22. The molecule has 0 saturated carbocycles. The Hall–Kier alpha value is -3.71. The van der Waals surface area contributed by atoms with Crippen molar-refractivity contribution in [3.63, 3.8) is 0 Å². The first-order valence-corrected chi connectivity index (χ1v) is 14.5. The van der Waals surface area contributed by atoms with Gasteiger partial charge in [0.15, 0.2) is 11.5 Å². The minimum Gasteiger partial charge on any atom is -0.490 e. The molecule has 3 heterocycles. The molecule has 2 atom stereocenters. The third-order valence-corrected chi connectivity index (χ3v) is 8.45. The van der Waals surface area contributed by atoms with Crippen molar-refractivity contribution >= 4 is 29.1 Å². The highest BCUT2D eigenvalue weighted by atomic mass is 35.5. The standard InChI is InChI=1S/C32H34ClN3O4/c1-3-39-27-18-21-12-13-36-30(26(21)20-28(27)40-4-2)29(24-10-5-6-11-25(24)31(36)37)32(38)35-16-14-34(15-17-35)23-9-7-8-22(33)19-23/h5-11,18-20,29-30H,3-4,12-17H2,1-2H3/t29-,30-/m0/s1. The molecular weight excluding hydrogens is 526 g/mol. The molecule has 208 valence electrons. The average Bonchev–Trinajstić information content (AvgIpc) is 2.98. The van der Waals surface area contributed by atoms with E-state index in [4.69, 9.17) is 21.1 Å². The van der Waals surface area contributed by atoms with Gasteiger partial charge in [0.1, 0.15) is 0 Å². The molecule has 1 fully saturated rings. The molecule has 0 spiro atoms. The molecule has 3 aromatic carbocycles. The second-order valence-corrected chi connectivity index (χ2v) is 10.9. The van der Waals surface area contributed by atoms with Gasteiger partial charge in [0.25, 0.3) is 5.91 Å². The van der Waals surface area contributed by atoms with Crippen LogP contribution in [0.1, 0.15) is 52.9 Å². The molecule has 0 unspecified atom stereocenters. The summed E-state index contributed by atoms with van der Waals surface area (Å²) in [6, 6.07) is 19.1. The molecule has 40 heavy (non-hydrogen) atoms. The summed E-state index contributed by atoms with van der Waals surface area (Å²) in [5, 5.41) is 0.703. The van der Waals surface area contributed by atoms with Crippen molar-refractivity contribution in [1.82, 2.24) is 9.80 Å². The molecule has 6 rings (SSSR count). The van der Waals surface area contributed by atoms with Gasteiger partial charge in [0.2, 0.25) is 5.91 Å². The quantitative estimate of drug-likeness (QED) is 0.409. The number of anilines is 1. The van der Waals surface area contributed by atoms with Crippen molar-refractivity contribution in [3.8, 4) is 11.5 Å². The molecule has 0 aromatic heterocycles. The number of hydrogen-bond donors (Lipinski definition) is 0. The zero-order valence-electron chi connectivity index (χ0n) is 22.9. The van der Waals surface area contributed by atoms with E-state index in [1.54, 1.807) is 0 Å². The van der Waals surface area contributed by atoms with Crippen LogP contribution in [0.5, 0.6) is 11.5 Å². The second kappa shape index (κ2) is 11.0. The summed E-state index contributed by atoms with van der Waals surface area (Å²) in [5.74, 6) is 0.892. The number of piperazine rings is 1.